The quantitative estimate of drug-likeness (QED) is 0.476. The molecule has 2 aromatic carbocycles. The molecule has 5 heteroatoms. The summed E-state index contributed by atoms with van der Waals surface area (Å²) in [7, 11) is 3.92. The van der Waals surface area contributed by atoms with Crippen LogP contribution in [0.4, 0.5) is 5.69 Å². The van der Waals surface area contributed by atoms with Gasteiger partial charge in [-0.3, -0.25) is 4.79 Å². The van der Waals surface area contributed by atoms with E-state index in [0.717, 1.165) is 22.5 Å². The second-order valence-corrected chi connectivity index (χ2v) is 7.04. The van der Waals surface area contributed by atoms with E-state index in [9.17, 15) is 4.79 Å². The standard InChI is InChI=1S/C23H21N3O2/c1-15-10-11-21-22(24-15)25-23(28-21)18-8-4-6-16(12-18)13-20(27)17-7-5-9-19(14-17)26(2)3/h4-12,14H,13H2,1-3H3. The first-order chi connectivity index (χ1) is 13.5. The number of hydrogen-bond donors (Lipinski definition) is 0. The average molecular weight is 371 g/mol. The topological polar surface area (TPSA) is 59.2 Å². The van der Waals surface area contributed by atoms with E-state index in [-0.39, 0.29) is 5.78 Å². The van der Waals surface area contributed by atoms with Crippen LogP contribution >= 0.6 is 0 Å². The molecular formula is C23H21N3O2. The van der Waals surface area contributed by atoms with Crippen LogP contribution in [0.1, 0.15) is 21.6 Å². The first kappa shape index (κ1) is 17.9. The summed E-state index contributed by atoms with van der Waals surface area (Å²) in [6, 6.07) is 19.2. The van der Waals surface area contributed by atoms with Gasteiger partial charge in [-0.25, -0.2) is 4.98 Å². The van der Waals surface area contributed by atoms with Gasteiger partial charge in [-0.2, -0.15) is 4.98 Å². The number of aryl methyl sites for hydroxylation is 1. The van der Waals surface area contributed by atoms with Crippen LogP contribution in [0.15, 0.2) is 65.1 Å². The van der Waals surface area contributed by atoms with Crippen LogP contribution in [0.2, 0.25) is 0 Å². The monoisotopic (exact) mass is 371 g/mol. The highest BCUT2D eigenvalue weighted by Gasteiger charge is 2.12. The van der Waals surface area contributed by atoms with Crippen molar-refractivity contribution >= 4 is 22.7 Å². The maximum atomic E-state index is 12.7. The molecule has 5 nitrogen and oxygen atoms in total. The fourth-order valence-electron chi connectivity index (χ4n) is 3.10. The van der Waals surface area contributed by atoms with E-state index in [2.05, 4.69) is 9.97 Å². The molecule has 140 valence electrons. The summed E-state index contributed by atoms with van der Waals surface area (Å²) in [5.41, 5.74) is 5.62. The molecule has 0 unspecified atom stereocenters. The second-order valence-electron chi connectivity index (χ2n) is 7.04. The van der Waals surface area contributed by atoms with Crippen molar-refractivity contribution in [3.63, 3.8) is 0 Å². The molecule has 0 saturated heterocycles. The van der Waals surface area contributed by atoms with Crippen LogP contribution in [-0.2, 0) is 6.42 Å². The summed E-state index contributed by atoms with van der Waals surface area (Å²) < 4.78 is 5.83. The van der Waals surface area contributed by atoms with E-state index >= 15 is 0 Å². The summed E-state index contributed by atoms with van der Waals surface area (Å²) in [5, 5.41) is 0. The van der Waals surface area contributed by atoms with Gasteiger partial charge in [0.15, 0.2) is 17.0 Å². The highest BCUT2D eigenvalue weighted by Crippen LogP contribution is 2.25. The molecule has 4 rings (SSSR count). The van der Waals surface area contributed by atoms with Gasteiger partial charge in [-0.15, -0.1) is 0 Å². The molecule has 0 radical (unpaired) electrons. The van der Waals surface area contributed by atoms with Crippen LogP contribution < -0.4 is 4.90 Å². The zero-order chi connectivity index (χ0) is 19.7. The molecular weight excluding hydrogens is 350 g/mol. The van der Waals surface area contributed by atoms with E-state index in [4.69, 9.17) is 4.42 Å². The highest BCUT2D eigenvalue weighted by atomic mass is 16.3. The molecule has 0 amide bonds. The van der Waals surface area contributed by atoms with Crippen LogP contribution in [0.25, 0.3) is 22.7 Å². The normalized spacial score (nSPS) is 11.0. The van der Waals surface area contributed by atoms with Gasteiger partial charge in [0.05, 0.1) is 0 Å². The van der Waals surface area contributed by atoms with Crippen molar-refractivity contribution in [3.8, 4) is 11.5 Å². The molecule has 0 bridgehead atoms. The maximum absolute atomic E-state index is 12.7. The number of aromatic nitrogens is 2. The molecule has 28 heavy (non-hydrogen) atoms. The SMILES string of the molecule is Cc1ccc2oc(-c3cccc(CC(=O)c4cccc(N(C)C)c4)c3)nc2n1. The van der Waals surface area contributed by atoms with Gasteiger partial charge in [0.2, 0.25) is 5.89 Å². The summed E-state index contributed by atoms with van der Waals surface area (Å²) >= 11 is 0. The Morgan fingerprint density at radius 2 is 1.82 bits per heavy atom. The van der Waals surface area contributed by atoms with Crippen LogP contribution in [0, 0.1) is 6.92 Å². The number of benzene rings is 2. The summed E-state index contributed by atoms with van der Waals surface area (Å²) in [4.78, 5) is 23.6. The predicted molar refractivity (Wildman–Crippen MR) is 111 cm³/mol. The van der Waals surface area contributed by atoms with Gasteiger partial charge in [-0.05, 0) is 48.9 Å². The minimum absolute atomic E-state index is 0.0794. The van der Waals surface area contributed by atoms with Crippen molar-refractivity contribution in [1.29, 1.82) is 0 Å². The number of carbonyl (C=O) groups is 1. The lowest BCUT2D eigenvalue weighted by Gasteiger charge is -2.13. The Balaban J connectivity index is 1.59. The lowest BCUT2D eigenvalue weighted by Crippen LogP contribution is -2.10. The van der Waals surface area contributed by atoms with Crippen molar-refractivity contribution < 1.29 is 9.21 Å². The van der Waals surface area contributed by atoms with Crippen molar-refractivity contribution in [2.75, 3.05) is 19.0 Å². The highest BCUT2D eigenvalue weighted by molar-refractivity contribution is 5.98. The van der Waals surface area contributed by atoms with Crippen molar-refractivity contribution in [3.05, 3.63) is 77.5 Å². The third kappa shape index (κ3) is 3.64. The number of hydrogen-bond acceptors (Lipinski definition) is 5. The van der Waals surface area contributed by atoms with E-state index in [0.29, 0.717) is 29.1 Å². The van der Waals surface area contributed by atoms with Crippen LogP contribution in [-0.4, -0.2) is 29.8 Å². The fraction of sp³-hybridized carbons (Fsp3) is 0.174. The first-order valence-corrected chi connectivity index (χ1v) is 9.14. The van der Waals surface area contributed by atoms with Crippen molar-refractivity contribution in [1.82, 2.24) is 9.97 Å². The Morgan fingerprint density at radius 3 is 2.64 bits per heavy atom. The largest absolute Gasteiger partial charge is 0.434 e. The van der Waals surface area contributed by atoms with Gasteiger partial charge in [0, 0.05) is 43.0 Å². The number of anilines is 1. The number of oxazole rings is 1. The molecule has 2 aromatic heterocycles. The van der Waals surface area contributed by atoms with Crippen molar-refractivity contribution in [2.45, 2.75) is 13.3 Å². The van der Waals surface area contributed by atoms with Crippen LogP contribution in [0.3, 0.4) is 0 Å². The predicted octanol–water partition coefficient (Wildman–Crippen LogP) is 4.69. The van der Waals surface area contributed by atoms with E-state index in [1.807, 2.05) is 86.6 Å². The van der Waals surface area contributed by atoms with Crippen LogP contribution in [0.5, 0.6) is 0 Å². The first-order valence-electron chi connectivity index (χ1n) is 9.14. The number of nitrogens with zero attached hydrogens (tertiary/aromatic N) is 3. The zero-order valence-electron chi connectivity index (χ0n) is 16.1. The Hall–Kier alpha value is -3.47. The lowest BCUT2D eigenvalue weighted by atomic mass is 10.0. The minimum atomic E-state index is 0.0794. The summed E-state index contributed by atoms with van der Waals surface area (Å²) in [6.07, 6.45) is 0.322. The third-order valence-electron chi connectivity index (χ3n) is 4.62. The molecule has 0 aliphatic carbocycles. The molecule has 0 aliphatic heterocycles. The van der Waals surface area contributed by atoms with Gasteiger partial charge in [0.1, 0.15) is 0 Å². The Bertz CT molecular complexity index is 1160. The summed E-state index contributed by atoms with van der Waals surface area (Å²) in [5.74, 6) is 0.590. The number of fused-ring (bicyclic) bond motifs is 1. The number of ketones is 1. The maximum Gasteiger partial charge on any atom is 0.228 e. The van der Waals surface area contributed by atoms with Gasteiger partial charge in [-0.1, -0.05) is 24.3 Å². The molecule has 4 aromatic rings. The minimum Gasteiger partial charge on any atom is -0.434 e. The number of Topliss-reactive ketones (excluding diaryl/α,β-unsaturated/α-hetero) is 1. The Labute approximate surface area is 163 Å². The number of carbonyl (C=O) groups excluding carboxylic acids is 1. The van der Waals surface area contributed by atoms with Gasteiger partial charge in [0.25, 0.3) is 0 Å². The molecule has 0 atom stereocenters. The number of rotatable bonds is 5. The average Bonchev–Trinajstić information content (AvgIpc) is 3.11. The number of pyridine rings is 1. The Morgan fingerprint density at radius 1 is 1.00 bits per heavy atom. The fourth-order valence-corrected chi connectivity index (χ4v) is 3.10. The van der Waals surface area contributed by atoms with E-state index < -0.39 is 0 Å². The second kappa shape index (κ2) is 7.27. The van der Waals surface area contributed by atoms with Crippen molar-refractivity contribution in [2.24, 2.45) is 0 Å². The smallest absolute Gasteiger partial charge is 0.228 e. The molecule has 2 heterocycles. The van der Waals surface area contributed by atoms with E-state index in [1.54, 1.807) is 0 Å². The summed E-state index contributed by atoms with van der Waals surface area (Å²) in [6.45, 7) is 1.92. The van der Waals surface area contributed by atoms with Gasteiger partial charge < -0.3 is 9.32 Å². The van der Waals surface area contributed by atoms with Gasteiger partial charge >= 0.3 is 0 Å². The molecule has 0 fully saturated rings. The lowest BCUT2D eigenvalue weighted by molar-refractivity contribution is 0.0993. The van der Waals surface area contributed by atoms with E-state index in [1.165, 1.54) is 0 Å². The molecule has 0 saturated carbocycles. The molecule has 0 spiro atoms. The molecule has 0 aliphatic rings. The zero-order valence-corrected chi connectivity index (χ0v) is 16.1. The molecule has 0 N–H and O–H groups in total. The third-order valence-corrected chi connectivity index (χ3v) is 4.62. The Kier molecular flexibility index (Phi) is 4.65.